The third-order valence-electron chi connectivity index (χ3n) is 2.35. The second-order valence-corrected chi connectivity index (χ2v) is 3.93. The fourth-order valence-corrected chi connectivity index (χ4v) is 1.46. The summed E-state index contributed by atoms with van der Waals surface area (Å²) in [5.41, 5.74) is 0. The number of carboxylic acid groups (broad SMARTS) is 1. The lowest BCUT2D eigenvalue weighted by molar-refractivity contribution is -0.134. The van der Waals surface area contributed by atoms with Gasteiger partial charge in [0.25, 0.3) is 5.97 Å². The van der Waals surface area contributed by atoms with E-state index in [9.17, 15) is 0 Å². The number of hydrogen-bond acceptors (Lipinski definition) is 6. The van der Waals surface area contributed by atoms with Crippen LogP contribution in [0.5, 0.6) is 0 Å². The summed E-state index contributed by atoms with van der Waals surface area (Å²) < 4.78 is 0. The van der Waals surface area contributed by atoms with E-state index in [1.54, 1.807) is 0 Å². The molecule has 0 amide bonds. The van der Waals surface area contributed by atoms with Gasteiger partial charge in [-0.05, 0) is 7.05 Å². The molecule has 0 saturated carbocycles. The molecule has 1 aromatic rings. The van der Waals surface area contributed by atoms with Gasteiger partial charge >= 0.3 is 0 Å². The van der Waals surface area contributed by atoms with Gasteiger partial charge in [0.1, 0.15) is 0 Å². The maximum Gasteiger partial charge on any atom is 0.300 e. The topological polar surface area (TPSA) is 98.2 Å². The predicted octanol–water partition coefficient (Wildman–Crippen LogP) is -0.962. The molecule has 17 heavy (non-hydrogen) atoms. The van der Waals surface area contributed by atoms with E-state index < -0.39 is 5.97 Å². The van der Waals surface area contributed by atoms with Crippen molar-refractivity contribution in [2.75, 3.05) is 33.2 Å². The zero-order valence-corrected chi connectivity index (χ0v) is 10.1. The van der Waals surface area contributed by atoms with E-state index in [1.165, 1.54) is 0 Å². The molecule has 1 aliphatic heterocycles. The maximum absolute atomic E-state index is 9.00. The van der Waals surface area contributed by atoms with Crippen molar-refractivity contribution in [2.45, 2.75) is 13.5 Å². The molecular formula is C9H18N6O2. The van der Waals surface area contributed by atoms with Crippen LogP contribution in [0.3, 0.4) is 0 Å². The highest BCUT2D eigenvalue weighted by Crippen LogP contribution is 2.02. The molecule has 8 heteroatoms. The van der Waals surface area contributed by atoms with Gasteiger partial charge in [-0.15, -0.1) is 10.2 Å². The van der Waals surface area contributed by atoms with Gasteiger partial charge in [-0.2, -0.15) is 5.21 Å². The summed E-state index contributed by atoms with van der Waals surface area (Å²) in [7, 11) is 2.14. The Bertz CT molecular complexity index is 316. The first kappa shape index (κ1) is 13.5. The molecule has 96 valence electrons. The molecule has 8 nitrogen and oxygen atoms in total. The van der Waals surface area contributed by atoms with Crippen molar-refractivity contribution in [3.8, 4) is 0 Å². The van der Waals surface area contributed by atoms with Crippen molar-refractivity contribution >= 4 is 5.97 Å². The molecule has 0 radical (unpaired) electrons. The smallest absolute Gasteiger partial charge is 0.300 e. The Hall–Kier alpha value is -1.54. The first-order valence-corrected chi connectivity index (χ1v) is 5.40. The second-order valence-electron chi connectivity index (χ2n) is 3.93. The van der Waals surface area contributed by atoms with Crippen LogP contribution in [0.4, 0.5) is 0 Å². The fourth-order valence-electron chi connectivity index (χ4n) is 1.46. The number of H-pyrrole nitrogens is 1. The van der Waals surface area contributed by atoms with Gasteiger partial charge in [0.15, 0.2) is 5.82 Å². The number of nitrogens with zero attached hydrogens (tertiary/aromatic N) is 5. The highest BCUT2D eigenvalue weighted by molar-refractivity contribution is 5.62. The molecular weight excluding hydrogens is 224 g/mol. The van der Waals surface area contributed by atoms with Crippen LogP contribution in [0.15, 0.2) is 0 Å². The Morgan fingerprint density at radius 1 is 1.41 bits per heavy atom. The van der Waals surface area contributed by atoms with E-state index in [0.29, 0.717) is 0 Å². The molecule has 1 aromatic heterocycles. The number of tetrazole rings is 1. The summed E-state index contributed by atoms with van der Waals surface area (Å²) in [6, 6.07) is 0. The number of aromatic amines is 1. The number of rotatable bonds is 2. The molecule has 2 N–H and O–H groups in total. The normalized spacial score (nSPS) is 17.3. The van der Waals surface area contributed by atoms with Gasteiger partial charge in [0.2, 0.25) is 0 Å². The van der Waals surface area contributed by atoms with E-state index in [1.807, 2.05) is 0 Å². The third-order valence-corrected chi connectivity index (χ3v) is 2.35. The van der Waals surface area contributed by atoms with Crippen LogP contribution in [0.25, 0.3) is 0 Å². The van der Waals surface area contributed by atoms with Crippen molar-refractivity contribution in [2.24, 2.45) is 0 Å². The van der Waals surface area contributed by atoms with Crippen LogP contribution in [0.1, 0.15) is 12.7 Å². The van der Waals surface area contributed by atoms with Gasteiger partial charge in [0, 0.05) is 33.1 Å². The number of nitrogens with one attached hydrogen (secondary N) is 1. The summed E-state index contributed by atoms with van der Waals surface area (Å²) in [5.74, 6) is -0.0513. The summed E-state index contributed by atoms with van der Waals surface area (Å²) in [6.07, 6.45) is 0. The SMILES string of the molecule is CC(=O)O.CN1CCN(Cc2nn[nH]n2)CC1. The van der Waals surface area contributed by atoms with E-state index in [0.717, 1.165) is 45.5 Å². The molecule has 1 fully saturated rings. The maximum atomic E-state index is 9.00. The average molecular weight is 242 g/mol. The van der Waals surface area contributed by atoms with E-state index >= 15 is 0 Å². The summed E-state index contributed by atoms with van der Waals surface area (Å²) >= 11 is 0. The van der Waals surface area contributed by atoms with Crippen LogP contribution >= 0.6 is 0 Å². The second kappa shape index (κ2) is 6.92. The Kier molecular flexibility index (Phi) is 5.50. The Morgan fingerprint density at radius 3 is 2.47 bits per heavy atom. The quantitative estimate of drug-likeness (QED) is 0.689. The van der Waals surface area contributed by atoms with E-state index in [2.05, 4.69) is 37.5 Å². The van der Waals surface area contributed by atoms with Crippen molar-refractivity contribution in [1.82, 2.24) is 30.4 Å². The Labute approximate surface area is 99.6 Å². The highest BCUT2D eigenvalue weighted by atomic mass is 16.4. The molecule has 1 aliphatic rings. The Balaban J connectivity index is 0.000000317. The first-order valence-electron chi connectivity index (χ1n) is 5.40. The number of carboxylic acids is 1. The molecule has 1 saturated heterocycles. The molecule has 0 atom stereocenters. The molecule has 2 heterocycles. The van der Waals surface area contributed by atoms with Gasteiger partial charge in [-0.25, -0.2) is 0 Å². The van der Waals surface area contributed by atoms with Crippen LogP contribution in [-0.4, -0.2) is 74.7 Å². The first-order chi connectivity index (χ1) is 8.08. The van der Waals surface area contributed by atoms with Gasteiger partial charge in [-0.1, -0.05) is 5.21 Å². The fraction of sp³-hybridized carbons (Fsp3) is 0.778. The lowest BCUT2D eigenvalue weighted by Crippen LogP contribution is -2.44. The standard InChI is InChI=1S/C7H14N6.C2H4O2/c1-12-2-4-13(5-3-12)6-7-8-10-11-9-7;1-2(3)4/h2-6H2,1H3,(H,8,9,10,11);1H3,(H,3,4). The number of aliphatic carboxylic acids is 1. The summed E-state index contributed by atoms with van der Waals surface area (Å²) in [4.78, 5) is 13.7. The predicted molar refractivity (Wildman–Crippen MR) is 60.3 cm³/mol. The van der Waals surface area contributed by atoms with Crippen LogP contribution in [0.2, 0.25) is 0 Å². The zero-order valence-electron chi connectivity index (χ0n) is 10.1. The van der Waals surface area contributed by atoms with Crippen LogP contribution < -0.4 is 0 Å². The minimum atomic E-state index is -0.833. The van der Waals surface area contributed by atoms with Gasteiger partial charge in [0.05, 0.1) is 6.54 Å². The summed E-state index contributed by atoms with van der Waals surface area (Å²) in [5, 5.41) is 21.3. The van der Waals surface area contributed by atoms with Crippen molar-refractivity contribution < 1.29 is 9.90 Å². The third kappa shape index (κ3) is 5.93. The van der Waals surface area contributed by atoms with E-state index in [-0.39, 0.29) is 0 Å². The van der Waals surface area contributed by atoms with Gasteiger partial charge < -0.3 is 10.0 Å². The lowest BCUT2D eigenvalue weighted by Gasteiger charge is -2.31. The number of likely N-dealkylation sites (N-methyl/N-ethyl adjacent to an activating group) is 1. The minimum Gasteiger partial charge on any atom is -0.481 e. The largest absolute Gasteiger partial charge is 0.481 e. The van der Waals surface area contributed by atoms with Crippen molar-refractivity contribution in [1.29, 1.82) is 0 Å². The molecule has 0 spiro atoms. The molecule has 0 unspecified atom stereocenters. The van der Waals surface area contributed by atoms with Crippen molar-refractivity contribution in [3.05, 3.63) is 5.82 Å². The lowest BCUT2D eigenvalue weighted by atomic mass is 10.3. The zero-order chi connectivity index (χ0) is 12.7. The Morgan fingerprint density at radius 2 is 2.00 bits per heavy atom. The van der Waals surface area contributed by atoms with Crippen LogP contribution in [-0.2, 0) is 11.3 Å². The monoisotopic (exact) mass is 242 g/mol. The average Bonchev–Trinajstić information content (AvgIpc) is 2.73. The summed E-state index contributed by atoms with van der Waals surface area (Å²) in [6.45, 7) is 6.32. The van der Waals surface area contributed by atoms with Crippen LogP contribution in [0, 0.1) is 0 Å². The number of aromatic nitrogens is 4. The number of piperazine rings is 1. The van der Waals surface area contributed by atoms with Gasteiger partial charge in [-0.3, -0.25) is 9.69 Å². The molecule has 0 bridgehead atoms. The molecule has 0 aliphatic carbocycles. The van der Waals surface area contributed by atoms with E-state index in [4.69, 9.17) is 9.90 Å². The molecule has 2 rings (SSSR count). The minimum absolute atomic E-state index is 0.782. The van der Waals surface area contributed by atoms with Crippen molar-refractivity contribution in [3.63, 3.8) is 0 Å². The molecule has 0 aromatic carbocycles. The number of carbonyl (C=O) groups is 1. The number of hydrogen-bond donors (Lipinski definition) is 2. The highest BCUT2D eigenvalue weighted by Gasteiger charge is 2.14.